The summed E-state index contributed by atoms with van der Waals surface area (Å²) in [5.74, 6) is -0.779. The summed E-state index contributed by atoms with van der Waals surface area (Å²) in [5, 5.41) is 0. The maximum absolute atomic E-state index is 12.9. The number of carbonyl (C=O) groups excluding carboxylic acids is 2. The molecule has 0 rings (SSSR count). The molecule has 0 fully saturated rings. The Balaban J connectivity index is 3.99. The van der Waals surface area contributed by atoms with E-state index in [0.29, 0.717) is 23.9 Å². The summed E-state index contributed by atoms with van der Waals surface area (Å²) in [6, 6.07) is 0. The lowest BCUT2D eigenvalue weighted by atomic mass is 10.0. The van der Waals surface area contributed by atoms with Gasteiger partial charge in [0.25, 0.3) is 0 Å². The van der Waals surface area contributed by atoms with Crippen LogP contribution in [0.25, 0.3) is 0 Å². The molecular weight excluding hydrogens is 1010 g/mol. The van der Waals surface area contributed by atoms with E-state index >= 15 is 0 Å². The molecule has 9 nitrogen and oxygen atoms in total. The minimum absolute atomic E-state index is 0.0342. The molecule has 0 aliphatic heterocycles. The van der Waals surface area contributed by atoms with Crippen LogP contribution in [0.1, 0.15) is 348 Å². The van der Waals surface area contributed by atoms with Crippen LogP contribution in [0, 0.1) is 0 Å². The van der Waals surface area contributed by atoms with E-state index in [0.717, 1.165) is 38.5 Å². The molecule has 0 saturated heterocycles. The molecule has 0 amide bonds. The summed E-state index contributed by atoms with van der Waals surface area (Å²) in [4.78, 5) is 35.8. The Morgan fingerprint density at radius 3 is 1.00 bits per heavy atom. The van der Waals surface area contributed by atoms with Crippen molar-refractivity contribution in [1.29, 1.82) is 0 Å². The number of phosphoric acid groups is 1. The van der Waals surface area contributed by atoms with Crippen molar-refractivity contribution in [3.63, 3.8) is 0 Å². The van der Waals surface area contributed by atoms with Crippen LogP contribution in [0.4, 0.5) is 0 Å². The lowest BCUT2D eigenvalue weighted by molar-refractivity contribution is -0.870. The standard InChI is InChI=1S/C70H134NO8P/c1-6-8-10-12-14-16-18-20-22-24-26-28-30-31-32-33-34-35-36-37-38-39-41-43-45-47-49-51-53-55-57-59-61-63-70(73)79-68(67-78-80(74,75)77-65-64-71(3,4)5)66-76-69(72)62-60-58-56-54-52-50-48-46-44-42-40-29-27-25-23-21-19-17-15-13-11-9-7-2/h18,20,24-27,68H,6-17,19,21-23,28-67H2,1-5H3/p+1/b20-18-,26-24-,27-25-. The van der Waals surface area contributed by atoms with Crippen LogP contribution < -0.4 is 0 Å². The minimum Gasteiger partial charge on any atom is -0.462 e. The number of carbonyl (C=O) groups is 2. The second-order valence-electron chi connectivity index (χ2n) is 24.9. The first-order chi connectivity index (χ1) is 39.0. The number of ether oxygens (including phenoxy) is 2. The van der Waals surface area contributed by atoms with Gasteiger partial charge in [-0.3, -0.25) is 18.6 Å². The van der Waals surface area contributed by atoms with E-state index in [-0.39, 0.29) is 25.6 Å². The molecule has 0 bridgehead atoms. The number of likely N-dealkylation sites (N-methyl/N-ethyl adjacent to an activating group) is 1. The van der Waals surface area contributed by atoms with Crippen molar-refractivity contribution in [3.05, 3.63) is 36.5 Å². The van der Waals surface area contributed by atoms with Gasteiger partial charge in [-0.15, -0.1) is 0 Å². The van der Waals surface area contributed by atoms with Gasteiger partial charge in [-0.1, -0.05) is 301 Å². The molecule has 80 heavy (non-hydrogen) atoms. The molecule has 472 valence electrons. The van der Waals surface area contributed by atoms with E-state index in [2.05, 4.69) is 50.3 Å². The van der Waals surface area contributed by atoms with Gasteiger partial charge < -0.3 is 18.9 Å². The third-order valence-corrected chi connectivity index (χ3v) is 16.6. The van der Waals surface area contributed by atoms with Crippen molar-refractivity contribution in [2.24, 2.45) is 0 Å². The summed E-state index contributed by atoms with van der Waals surface area (Å²) >= 11 is 0. The fourth-order valence-electron chi connectivity index (χ4n) is 10.3. The van der Waals surface area contributed by atoms with Crippen molar-refractivity contribution in [1.82, 2.24) is 0 Å². The quantitative estimate of drug-likeness (QED) is 0.0211. The molecule has 1 N–H and O–H groups in total. The predicted octanol–water partition coefficient (Wildman–Crippen LogP) is 22.3. The predicted molar refractivity (Wildman–Crippen MR) is 344 cm³/mol. The Morgan fingerprint density at radius 2 is 0.675 bits per heavy atom. The first-order valence-electron chi connectivity index (χ1n) is 34.7. The number of hydrogen-bond acceptors (Lipinski definition) is 7. The Kier molecular flexibility index (Phi) is 60.4. The number of rotatable bonds is 65. The summed E-state index contributed by atoms with van der Waals surface area (Å²) < 4.78 is 34.7. The van der Waals surface area contributed by atoms with E-state index in [4.69, 9.17) is 18.5 Å². The number of phosphoric ester groups is 1. The second kappa shape index (κ2) is 61.8. The lowest BCUT2D eigenvalue weighted by Crippen LogP contribution is -2.37. The first kappa shape index (κ1) is 78.2. The Bertz CT molecular complexity index is 1440. The first-order valence-corrected chi connectivity index (χ1v) is 36.2. The lowest BCUT2D eigenvalue weighted by Gasteiger charge is -2.24. The summed E-state index contributed by atoms with van der Waals surface area (Å²) in [7, 11) is 1.49. The van der Waals surface area contributed by atoms with Gasteiger partial charge in [-0.25, -0.2) is 4.57 Å². The van der Waals surface area contributed by atoms with Crippen molar-refractivity contribution < 1.29 is 42.1 Å². The van der Waals surface area contributed by atoms with Gasteiger partial charge in [-0.05, 0) is 70.6 Å². The molecule has 0 aromatic carbocycles. The number of nitrogens with zero attached hydrogens (tertiary/aromatic N) is 1. The van der Waals surface area contributed by atoms with Crippen LogP contribution >= 0.6 is 7.82 Å². The van der Waals surface area contributed by atoms with Gasteiger partial charge in [-0.2, -0.15) is 0 Å². The minimum atomic E-state index is -4.39. The third kappa shape index (κ3) is 65.4. The monoisotopic (exact) mass is 1150 g/mol. The zero-order valence-corrected chi connectivity index (χ0v) is 54.7. The fraction of sp³-hybridized carbons (Fsp3) is 0.886. The van der Waals surface area contributed by atoms with Crippen LogP contribution in [-0.2, 0) is 32.7 Å². The number of esters is 2. The van der Waals surface area contributed by atoms with Crippen molar-refractivity contribution in [3.8, 4) is 0 Å². The van der Waals surface area contributed by atoms with Crippen LogP contribution in [0.3, 0.4) is 0 Å². The molecule has 0 spiro atoms. The van der Waals surface area contributed by atoms with E-state index in [1.807, 2.05) is 21.1 Å². The average molecular weight is 1150 g/mol. The van der Waals surface area contributed by atoms with E-state index in [9.17, 15) is 19.0 Å². The van der Waals surface area contributed by atoms with Crippen LogP contribution in [-0.4, -0.2) is 74.9 Å². The largest absolute Gasteiger partial charge is 0.472 e. The molecule has 0 radical (unpaired) electrons. The Morgan fingerprint density at radius 1 is 0.388 bits per heavy atom. The Hall–Kier alpha value is -1.77. The smallest absolute Gasteiger partial charge is 0.462 e. The summed E-state index contributed by atoms with van der Waals surface area (Å²) in [6.07, 6.45) is 78.2. The van der Waals surface area contributed by atoms with Crippen molar-refractivity contribution >= 4 is 19.8 Å². The SMILES string of the molecule is CCCCCCC/C=C\C/C=C\CCCCCCCCCCCCCCCCCCCCCCCC(=O)OC(COC(=O)CCCCCCCCCCCCC/C=C\CCCCCCCCCC)COP(=O)(O)OCC[N+](C)(C)C. The topological polar surface area (TPSA) is 108 Å². The molecule has 0 heterocycles. The molecule has 2 unspecified atom stereocenters. The number of hydrogen-bond donors (Lipinski definition) is 1. The molecular formula is C70H135NO8P+. The van der Waals surface area contributed by atoms with Crippen LogP contribution in [0.2, 0.25) is 0 Å². The highest BCUT2D eigenvalue weighted by atomic mass is 31.2. The third-order valence-electron chi connectivity index (χ3n) is 15.6. The zero-order chi connectivity index (χ0) is 58.4. The summed E-state index contributed by atoms with van der Waals surface area (Å²) in [6.45, 7) is 4.49. The van der Waals surface area contributed by atoms with Crippen molar-refractivity contribution in [2.45, 2.75) is 354 Å². The second-order valence-corrected chi connectivity index (χ2v) is 26.4. The highest BCUT2D eigenvalue weighted by molar-refractivity contribution is 7.47. The van der Waals surface area contributed by atoms with Gasteiger partial charge in [0.2, 0.25) is 0 Å². The van der Waals surface area contributed by atoms with Gasteiger partial charge in [0, 0.05) is 12.8 Å². The normalized spacial score (nSPS) is 13.3. The van der Waals surface area contributed by atoms with E-state index in [1.54, 1.807) is 0 Å². The maximum atomic E-state index is 12.9. The Labute approximate surface area is 497 Å². The highest BCUT2D eigenvalue weighted by Crippen LogP contribution is 2.43. The van der Waals surface area contributed by atoms with E-state index in [1.165, 1.54) is 276 Å². The van der Waals surface area contributed by atoms with E-state index < -0.39 is 26.5 Å². The van der Waals surface area contributed by atoms with Gasteiger partial charge in [0.05, 0.1) is 27.7 Å². The molecule has 0 aliphatic rings. The van der Waals surface area contributed by atoms with Crippen molar-refractivity contribution in [2.75, 3.05) is 47.5 Å². The molecule has 0 saturated carbocycles. The van der Waals surface area contributed by atoms with Gasteiger partial charge >= 0.3 is 19.8 Å². The van der Waals surface area contributed by atoms with Crippen LogP contribution in [0.5, 0.6) is 0 Å². The van der Waals surface area contributed by atoms with Crippen LogP contribution in [0.15, 0.2) is 36.5 Å². The molecule has 0 aromatic rings. The van der Waals surface area contributed by atoms with Gasteiger partial charge in [0.1, 0.15) is 19.8 Å². The fourth-order valence-corrected chi connectivity index (χ4v) is 11.0. The molecule has 10 heteroatoms. The number of unbranched alkanes of at least 4 members (excludes halogenated alkanes) is 45. The molecule has 0 aliphatic carbocycles. The number of allylic oxidation sites excluding steroid dienone is 6. The summed E-state index contributed by atoms with van der Waals surface area (Å²) in [5.41, 5.74) is 0. The highest BCUT2D eigenvalue weighted by Gasteiger charge is 2.27. The molecule has 0 aromatic heterocycles. The number of quaternary nitrogens is 1. The molecule has 2 atom stereocenters. The zero-order valence-electron chi connectivity index (χ0n) is 53.8. The maximum Gasteiger partial charge on any atom is 0.472 e. The van der Waals surface area contributed by atoms with Gasteiger partial charge in [0.15, 0.2) is 6.10 Å². The average Bonchev–Trinajstić information content (AvgIpc) is 3.42.